The van der Waals surface area contributed by atoms with E-state index in [9.17, 15) is 19.8 Å². The molecule has 2 aliphatic heterocycles. The van der Waals surface area contributed by atoms with E-state index in [-0.39, 0.29) is 44.4 Å². The molecule has 0 bridgehead atoms. The van der Waals surface area contributed by atoms with Gasteiger partial charge in [0.25, 0.3) is 0 Å². The number of rotatable bonds is 8. The van der Waals surface area contributed by atoms with Gasteiger partial charge in [0.15, 0.2) is 17.3 Å². The number of fused-ring (bicyclic) bond motifs is 2. The van der Waals surface area contributed by atoms with Crippen molar-refractivity contribution in [2.75, 3.05) is 25.1 Å². The summed E-state index contributed by atoms with van der Waals surface area (Å²) in [7, 11) is 0. The van der Waals surface area contributed by atoms with Crippen LogP contribution in [0.1, 0.15) is 18.2 Å². The monoisotopic (exact) mass is 510 g/mol. The smallest absolute Gasteiger partial charge is 0.407 e. The largest absolute Gasteiger partial charge is 0.489 e. The molecule has 2 aromatic carbocycles. The minimum absolute atomic E-state index is 0.140. The third-order valence-corrected chi connectivity index (χ3v) is 5.91. The van der Waals surface area contributed by atoms with Crippen molar-refractivity contribution in [1.29, 1.82) is 0 Å². The second kappa shape index (κ2) is 10.9. The molecule has 0 radical (unpaired) electrons. The molecule has 37 heavy (non-hydrogen) atoms. The Morgan fingerprint density at radius 2 is 2.03 bits per heavy atom. The molecule has 194 valence electrons. The Kier molecular flexibility index (Phi) is 7.21. The summed E-state index contributed by atoms with van der Waals surface area (Å²) in [5, 5.41) is 25.0. The number of carbonyl (C=O) groups excluding carboxylic acids is 1. The van der Waals surface area contributed by atoms with Gasteiger partial charge in [0.2, 0.25) is 0 Å². The molecule has 5 rings (SSSR count). The maximum absolute atomic E-state index is 12.6. The summed E-state index contributed by atoms with van der Waals surface area (Å²) in [5.41, 5.74) is 0.768. The topological polar surface area (TPSA) is 153 Å². The van der Waals surface area contributed by atoms with Gasteiger partial charge in [-0.1, -0.05) is 36.4 Å². The summed E-state index contributed by atoms with van der Waals surface area (Å²) >= 11 is 0. The van der Waals surface area contributed by atoms with E-state index in [0.717, 1.165) is 5.56 Å². The van der Waals surface area contributed by atoms with Gasteiger partial charge >= 0.3 is 11.8 Å². The van der Waals surface area contributed by atoms with E-state index < -0.39 is 30.2 Å². The highest BCUT2D eigenvalue weighted by atomic mass is 16.6. The molecule has 3 heterocycles. The molecule has 1 unspecified atom stereocenters. The quantitative estimate of drug-likeness (QED) is 0.259. The zero-order valence-electron chi connectivity index (χ0n) is 19.7. The normalized spacial score (nSPS) is 19.7. The predicted molar refractivity (Wildman–Crippen MR) is 130 cm³/mol. The molecule has 0 saturated carbocycles. The second-order valence-corrected chi connectivity index (χ2v) is 8.45. The number of para-hydroxylation sites is 1. The van der Waals surface area contributed by atoms with E-state index in [1.54, 1.807) is 18.2 Å². The molecule has 1 saturated heterocycles. The van der Waals surface area contributed by atoms with Crippen molar-refractivity contribution in [2.24, 2.45) is 0 Å². The lowest BCUT2D eigenvalue weighted by molar-refractivity contribution is -0.0459. The van der Waals surface area contributed by atoms with E-state index in [0.29, 0.717) is 17.2 Å². The standard InChI is InChI=1S/C25H26N4O8/c30-13-20-16(31)11-21(37-20)29-12-19-23(28-24(29)32)27-22-17(7-4-8-18(22)36-19)34-10-9-26-25(33)35-14-15-5-2-1-3-6-15/h1-8,12,16,20-21,30-31H,9-11,13-14H2,(H,26,33)(H,27,28,32)/t16?,20-,21-/m1/s1. The molecule has 1 fully saturated rings. The van der Waals surface area contributed by atoms with Gasteiger partial charge in [-0.15, -0.1) is 0 Å². The lowest BCUT2D eigenvalue weighted by Gasteiger charge is -2.24. The number of anilines is 2. The third kappa shape index (κ3) is 5.50. The molecular formula is C25H26N4O8. The van der Waals surface area contributed by atoms with Crippen molar-refractivity contribution < 1.29 is 34.0 Å². The Morgan fingerprint density at radius 1 is 1.19 bits per heavy atom. The van der Waals surface area contributed by atoms with Crippen molar-refractivity contribution in [3.8, 4) is 17.2 Å². The van der Waals surface area contributed by atoms with Crippen LogP contribution in [-0.2, 0) is 16.1 Å². The fraction of sp³-hybridized carbons (Fsp3) is 0.320. The first kappa shape index (κ1) is 24.6. The van der Waals surface area contributed by atoms with Gasteiger partial charge in [-0.25, -0.2) is 9.59 Å². The zero-order valence-corrected chi connectivity index (χ0v) is 19.7. The summed E-state index contributed by atoms with van der Waals surface area (Å²) in [5.74, 6) is 1.39. The van der Waals surface area contributed by atoms with Crippen LogP contribution in [0.2, 0.25) is 0 Å². The summed E-state index contributed by atoms with van der Waals surface area (Å²) < 4.78 is 23.7. The number of aromatic nitrogens is 2. The van der Waals surface area contributed by atoms with Crippen molar-refractivity contribution in [2.45, 2.75) is 31.5 Å². The van der Waals surface area contributed by atoms with Crippen molar-refractivity contribution in [3.05, 3.63) is 70.8 Å². The highest BCUT2D eigenvalue weighted by molar-refractivity contribution is 5.77. The first-order valence-corrected chi connectivity index (χ1v) is 11.7. The van der Waals surface area contributed by atoms with E-state index in [2.05, 4.69) is 15.6 Å². The van der Waals surface area contributed by atoms with Crippen LogP contribution in [0.5, 0.6) is 17.2 Å². The van der Waals surface area contributed by atoms with Crippen LogP contribution in [0.4, 0.5) is 16.3 Å². The van der Waals surface area contributed by atoms with Crippen molar-refractivity contribution in [1.82, 2.24) is 14.9 Å². The number of nitrogens with one attached hydrogen (secondary N) is 2. The Labute approximate surface area is 211 Å². The van der Waals surface area contributed by atoms with E-state index >= 15 is 0 Å². The lowest BCUT2D eigenvalue weighted by Crippen LogP contribution is -2.29. The number of hydrogen-bond donors (Lipinski definition) is 4. The van der Waals surface area contributed by atoms with Crippen LogP contribution in [-0.4, -0.2) is 57.8 Å². The summed E-state index contributed by atoms with van der Waals surface area (Å²) in [6.45, 7) is 0.182. The molecule has 4 N–H and O–H groups in total. The molecule has 12 heteroatoms. The molecule has 3 atom stereocenters. The summed E-state index contributed by atoms with van der Waals surface area (Å²) in [6.07, 6.45) is -1.39. The molecule has 3 aromatic rings. The minimum atomic E-state index is -0.891. The molecule has 2 aliphatic rings. The maximum Gasteiger partial charge on any atom is 0.407 e. The second-order valence-electron chi connectivity index (χ2n) is 8.45. The van der Waals surface area contributed by atoms with Crippen molar-refractivity contribution in [3.63, 3.8) is 0 Å². The Hall–Kier alpha value is -4.13. The van der Waals surface area contributed by atoms with Gasteiger partial charge < -0.3 is 39.8 Å². The maximum atomic E-state index is 12.6. The van der Waals surface area contributed by atoms with E-state index in [1.807, 2.05) is 30.3 Å². The van der Waals surface area contributed by atoms with Crippen LogP contribution >= 0.6 is 0 Å². The summed E-state index contributed by atoms with van der Waals surface area (Å²) in [6, 6.07) is 14.6. The molecule has 1 amide bonds. The number of nitrogens with zero attached hydrogens (tertiary/aromatic N) is 2. The van der Waals surface area contributed by atoms with Crippen LogP contribution in [0.15, 0.2) is 59.5 Å². The van der Waals surface area contributed by atoms with Gasteiger partial charge in [0.1, 0.15) is 37.0 Å². The molecule has 12 nitrogen and oxygen atoms in total. The predicted octanol–water partition coefficient (Wildman–Crippen LogP) is 2.04. The summed E-state index contributed by atoms with van der Waals surface area (Å²) in [4.78, 5) is 28.6. The van der Waals surface area contributed by atoms with Gasteiger partial charge in [0, 0.05) is 6.42 Å². The number of amides is 1. The Morgan fingerprint density at radius 3 is 2.81 bits per heavy atom. The number of hydrogen-bond acceptors (Lipinski definition) is 10. The van der Waals surface area contributed by atoms with Crippen molar-refractivity contribution >= 4 is 17.6 Å². The average molecular weight is 511 g/mol. The lowest BCUT2D eigenvalue weighted by atomic mass is 10.2. The van der Waals surface area contributed by atoms with Crippen LogP contribution < -0.4 is 25.8 Å². The number of carbonyl (C=O) groups is 1. The van der Waals surface area contributed by atoms with Gasteiger partial charge in [-0.05, 0) is 17.7 Å². The van der Waals surface area contributed by atoms with Crippen LogP contribution in [0.25, 0.3) is 0 Å². The first-order chi connectivity index (χ1) is 18.0. The molecule has 1 aromatic heterocycles. The highest BCUT2D eigenvalue weighted by Gasteiger charge is 2.36. The zero-order chi connectivity index (χ0) is 25.8. The number of benzene rings is 2. The molecule has 0 spiro atoms. The fourth-order valence-corrected chi connectivity index (χ4v) is 4.04. The third-order valence-electron chi connectivity index (χ3n) is 5.91. The van der Waals surface area contributed by atoms with E-state index in [4.69, 9.17) is 18.9 Å². The number of aliphatic hydroxyl groups is 2. The fourth-order valence-electron chi connectivity index (χ4n) is 4.04. The highest BCUT2D eigenvalue weighted by Crippen LogP contribution is 2.45. The van der Waals surface area contributed by atoms with Crippen LogP contribution in [0, 0.1) is 0 Å². The van der Waals surface area contributed by atoms with E-state index in [1.165, 1.54) is 10.8 Å². The SMILES string of the molecule is O=C(NCCOc1cccc2c1Nc1nc(=O)n([C@H]3CC(O)[C@@H](CO)O3)cc1O2)OCc1ccccc1. The number of aliphatic hydroxyl groups excluding tert-OH is 2. The van der Waals surface area contributed by atoms with Gasteiger partial charge in [-0.2, -0.15) is 4.98 Å². The van der Waals surface area contributed by atoms with Gasteiger partial charge in [-0.3, -0.25) is 4.57 Å². The van der Waals surface area contributed by atoms with Gasteiger partial charge in [0.05, 0.1) is 25.5 Å². The molecule has 0 aliphatic carbocycles. The molecular weight excluding hydrogens is 484 g/mol. The Balaban J connectivity index is 1.18. The number of ether oxygens (including phenoxy) is 4. The number of alkyl carbamates (subject to hydrolysis) is 1. The minimum Gasteiger partial charge on any atom is -0.489 e. The Bertz CT molecular complexity index is 1320. The van der Waals surface area contributed by atoms with Crippen LogP contribution in [0.3, 0.4) is 0 Å². The average Bonchev–Trinajstić information content (AvgIpc) is 3.29. The first-order valence-electron chi connectivity index (χ1n) is 11.7.